The Balaban J connectivity index is 2.16. The van der Waals surface area contributed by atoms with Crippen LogP contribution in [0.5, 0.6) is 0 Å². The van der Waals surface area contributed by atoms with Crippen molar-refractivity contribution in [3.8, 4) is 11.1 Å². The fraction of sp³-hybridized carbons (Fsp3) is 0. The first-order chi connectivity index (χ1) is 8.36. The molecule has 0 aliphatic heterocycles. The van der Waals surface area contributed by atoms with Crippen molar-refractivity contribution in [1.82, 2.24) is 9.97 Å². The maximum atomic E-state index is 10.7. The third kappa shape index (κ3) is 1.72. The van der Waals surface area contributed by atoms with Crippen LogP contribution >= 0.6 is 0 Å². The minimum Gasteiger partial charge on any atom is -0.337 e. The van der Waals surface area contributed by atoms with Crippen LogP contribution in [0.15, 0.2) is 48.7 Å². The summed E-state index contributed by atoms with van der Waals surface area (Å²) in [7, 11) is 0. The van der Waals surface area contributed by atoms with Crippen molar-refractivity contribution < 1.29 is 4.79 Å². The van der Waals surface area contributed by atoms with Gasteiger partial charge in [-0.15, -0.1) is 0 Å². The lowest BCUT2D eigenvalue weighted by Gasteiger charge is -2.00. The van der Waals surface area contributed by atoms with Crippen molar-refractivity contribution in [2.45, 2.75) is 0 Å². The zero-order chi connectivity index (χ0) is 11.7. The molecule has 0 spiro atoms. The fourth-order valence-corrected chi connectivity index (χ4v) is 1.89. The van der Waals surface area contributed by atoms with E-state index < -0.39 is 0 Å². The van der Waals surface area contributed by atoms with Crippen LogP contribution in [0.1, 0.15) is 10.5 Å². The number of nitrogens with zero attached hydrogens (tertiary/aromatic N) is 1. The highest BCUT2D eigenvalue weighted by Crippen LogP contribution is 2.22. The van der Waals surface area contributed by atoms with E-state index in [2.05, 4.69) is 9.97 Å². The summed E-state index contributed by atoms with van der Waals surface area (Å²) in [4.78, 5) is 17.9. The normalized spacial score (nSPS) is 10.6. The Labute approximate surface area is 98.1 Å². The van der Waals surface area contributed by atoms with Crippen molar-refractivity contribution in [3.63, 3.8) is 0 Å². The molecule has 0 unspecified atom stereocenters. The van der Waals surface area contributed by atoms with E-state index in [0.717, 1.165) is 28.4 Å². The second-order valence-electron chi connectivity index (χ2n) is 3.87. The number of pyridine rings is 1. The zero-order valence-corrected chi connectivity index (χ0v) is 9.05. The molecule has 0 saturated carbocycles. The van der Waals surface area contributed by atoms with Gasteiger partial charge in [0.1, 0.15) is 5.65 Å². The van der Waals surface area contributed by atoms with Crippen molar-refractivity contribution in [1.29, 1.82) is 0 Å². The van der Waals surface area contributed by atoms with Gasteiger partial charge in [-0.3, -0.25) is 4.79 Å². The summed E-state index contributed by atoms with van der Waals surface area (Å²) in [5, 5.41) is 0.952. The Hall–Kier alpha value is -2.42. The van der Waals surface area contributed by atoms with Crippen LogP contribution in [0.3, 0.4) is 0 Å². The first-order valence-corrected chi connectivity index (χ1v) is 5.36. The number of fused-ring (bicyclic) bond motifs is 1. The number of aromatic amines is 1. The average Bonchev–Trinajstić information content (AvgIpc) is 2.81. The SMILES string of the molecule is O=Cc1cc2cc(-c3ccccc3)cnc2[nH]1. The second kappa shape index (κ2) is 3.87. The molecule has 0 amide bonds. The molecule has 3 rings (SSSR count). The summed E-state index contributed by atoms with van der Waals surface area (Å²) < 4.78 is 0. The van der Waals surface area contributed by atoms with Gasteiger partial charge in [-0.1, -0.05) is 30.3 Å². The summed E-state index contributed by atoms with van der Waals surface area (Å²) in [5.74, 6) is 0. The smallest absolute Gasteiger partial charge is 0.166 e. The first kappa shape index (κ1) is 9.78. The lowest BCUT2D eigenvalue weighted by atomic mass is 10.1. The monoisotopic (exact) mass is 222 g/mol. The van der Waals surface area contributed by atoms with E-state index in [1.54, 1.807) is 0 Å². The molecule has 3 nitrogen and oxygen atoms in total. The van der Waals surface area contributed by atoms with Crippen LogP contribution in [0, 0.1) is 0 Å². The first-order valence-electron chi connectivity index (χ1n) is 5.36. The number of nitrogens with one attached hydrogen (secondary N) is 1. The van der Waals surface area contributed by atoms with E-state index >= 15 is 0 Å². The van der Waals surface area contributed by atoms with Gasteiger partial charge in [-0.2, -0.15) is 0 Å². The second-order valence-corrected chi connectivity index (χ2v) is 3.87. The summed E-state index contributed by atoms with van der Waals surface area (Å²) >= 11 is 0. The molecule has 82 valence electrons. The molecule has 0 radical (unpaired) electrons. The molecule has 1 N–H and O–H groups in total. The molecule has 17 heavy (non-hydrogen) atoms. The Bertz CT molecular complexity index is 671. The van der Waals surface area contributed by atoms with Crippen LogP contribution in [0.25, 0.3) is 22.2 Å². The molecule has 0 bridgehead atoms. The summed E-state index contributed by atoms with van der Waals surface area (Å²) in [5.41, 5.74) is 3.47. The number of carbonyl (C=O) groups is 1. The van der Waals surface area contributed by atoms with E-state index in [1.165, 1.54) is 0 Å². The lowest BCUT2D eigenvalue weighted by Crippen LogP contribution is -1.81. The van der Waals surface area contributed by atoms with E-state index in [-0.39, 0.29) is 0 Å². The van der Waals surface area contributed by atoms with E-state index in [0.29, 0.717) is 5.69 Å². The molecular formula is C14H10N2O. The average molecular weight is 222 g/mol. The molecule has 2 aromatic heterocycles. The van der Waals surface area contributed by atoms with Crippen LogP contribution in [-0.2, 0) is 0 Å². The van der Waals surface area contributed by atoms with Crippen LogP contribution < -0.4 is 0 Å². The Kier molecular flexibility index (Phi) is 2.22. The predicted molar refractivity (Wildman–Crippen MR) is 66.9 cm³/mol. The zero-order valence-electron chi connectivity index (χ0n) is 9.05. The minimum atomic E-state index is 0.553. The summed E-state index contributed by atoms with van der Waals surface area (Å²) in [6, 6.07) is 13.9. The van der Waals surface area contributed by atoms with Gasteiger partial charge >= 0.3 is 0 Å². The molecule has 0 aliphatic carbocycles. The molecule has 2 heterocycles. The van der Waals surface area contributed by atoms with E-state index in [9.17, 15) is 4.79 Å². The molecule has 3 aromatic rings. The van der Waals surface area contributed by atoms with Crippen molar-refractivity contribution in [2.75, 3.05) is 0 Å². The maximum absolute atomic E-state index is 10.7. The summed E-state index contributed by atoms with van der Waals surface area (Å²) in [6.45, 7) is 0. The Morgan fingerprint density at radius 2 is 1.88 bits per heavy atom. The highest BCUT2D eigenvalue weighted by Gasteiger charge is 2.03. The standard InChI is InChI=1S/C14H10N2O/c17-9-13-7-11-6-12(8-15-14(11)16-13)10-4-2-1-3-5-10/h1-9H,(H,15,16). The third-order valence-electron chi connectivity index (χ3n) is 2.73. The highest BCUT2D eigenvalue weighted by molar-refractivity contribution is 5.88. The van der Waals surface area contributed by atoms with E-state index in [4.69, 9.17) is 0 Å². The van der Waals surface area contributed by atoms with Gasteiger partial charge < -0.3 is 4.98 Å². The van der Waals surface area contributed by atoms with Gasteiger partial charge in [-0.25, -0.2) is 4.98 Å². The van der Waals surface area contributed by atoms with Gasteiger partial charge in [0.15, 0.2) is 6.29 Å². The molecular weight excluding hydrogens is 212 g/mol. The molecule has 3 heteroatoms. The van der Waals surface area contributed by atoms with Crippen molar-refractivity contribution >= 4 is 17.3 Å². The largest absolute Gasteiger partial charge is 0.337 e. The van der Waals surface area contributed by atoms with Gasteiger partial charge in [-0.05, 0) is 17.7 Å². The minimum absolute atomic E-state index is 0.553. The Morgan fingerprint density at radius 1 is 1.06 bits per heavy atom. The molecule has 0 fully saturated rings. The number of benzene rings is 1. The van der Waals surface area contributed by atoms with Gasteiger partial charge in [0.05, 0.1) is 5.69 Å². The number of carbonyl (C=O) groups excluding carboxylic acids is 1. The van der Waals surface area contributed by atoms with Crippen molar-refractivity contribution in [3.05, 3.63) is 54.4 Å². The predicted octanol–water partition coefficient (Wildman–Crippen LogP) is 3.04. The van der Waals surface area contributed by atoms with Gasteiger partial charge in [0.25, 0.3) is 0 Å². The third-order valence-corrected chi connectivity index (χ3v) is 2.73. The quantitative estimate of drug-likeness (QED) is 0.677. The highest BCUT2D eigenvalue weighted by atomic mass is 16.1. The lowest BCUT2D eigenvalue weighted by molar-refractivity contribution is 0.112. The molecule has 0 aliphatic rings. The molecule has 1 aromatic carbocycles. The number of H-pyrrole nitrogens is 1. The van der Waals surface area contributed by atoms with Crippen LogP contribution in [0.2, 0.25) is 0 Å². The molecule has 0 saturated heterocycles. The number of rotatable bonds is 2. The Morgan fingerprint density at radius 3 is 2.65 bits per heavy atom. The maximum Gasteiger partial charge on any atom is 0.166 e. The van der Waals surface area contributed by atoms with Gasteiger partial charge in [0.2, 0.25) is 0 Å². The van der Waals surface area contributed by atoms with E-state index in [1.807, 2.05) is 48.7 Å². The van der Waals surface area contributed by atoms with Crippen LogP contribution in [0.4, 0.5) is 0 Å². The number of hydrogen-bond donors (Lipinski definition) is 1. The topological polar surface area (TPSA) is 45.8 Å². The summed E-state index contributed by atoms with van der Waals surface area (Å²) in [6.07, 6.45) is 2.60. The molecule has 0 atom stereocenters. The fourth-order valence-electron chi connectivity index (χ4n) is 1.89. The number of hydrogen-bond acceptors (Lipinski definition) is 2. The van der Waals surface area contributed by atoms with Gasteiger partial charge in [0, 0.05) is 17.1 Å². The van der Waals surface area contributed by atoms with Crippen LogP contribution in [-0.4, -0.2) is 16.3 Å². The number of aromatic nitrogens is 2. The van der Waals surface area contributed by atoms with Crippen molar-refractivity contribution in [2.24, 2.45) is 0 Å². The number of aldehydes is 1.